The molecule has 4 rings (SSSR count). The van der Waals surface area contributed by atoms with Crippen molar-refractivity contribution >= 4 is 40.7 Å². The number of aryl methyl sites for hydroxylation is 1. The van der Waals surface area contributed by atoms with E-state index < -0.39 is 6.03 Å². The number of aromatic nitrogens is 1. The molecular formula is C25H25ClFN5O2. The van der Waals surface area contributed by atoms with Crippen LogP contribution in [0.3, 0.4) is 0 Å². The number of rotatable bonds is 4. The second kappa shape index (κ2) is 10.5. The van der Waals surface area contributed by atoms with Gasteiger partial charge in [-0.25, -0.2) is 14.2 Å². The van der Waals surface area contributed by atoms with Gasteiger partial charge in [-0.05, 0) is 67.4 Å². The van der Waals surface area contributed by atoms with Crippen molar-refractivity contribution in [3.05, 3.63) is 82.8 Å². The van der Waals surface area contributed by atoms with E-state index in [2.05, 4.69) is 20.5 Å². The van der Waals surface area contributed by atoms with Crippen molar-refractivity contribution in [3.63, 3.8) is 0 Å². The quantitative estimate of drug-likeness (QED) is 0.538. The molecule has 0 atom stereocenters. The van der Waals surface area contributed by atoms with Crippen LogP contribution in [0.5, 0.6) is 0 Å². The Kier molecular flexibility index (Phi) is 7.27. The number of nitrogens with zero attached hydrogens (tertiary/aromatic N) is 3. The number of nitrogens with one attached hydrogen (secondary N) is 2. The lowest BCUT2D eigenvalue weighted by Crippen LogP contribution is -2.35. The Morgan fingerprint density at radius 3 is 2.38 bits per heavy atom. The molecular weight excluding hydrogens is 457 g/mol. The standard InChI is InChI=1S/C25H25ClFN5O2/c1-17-3-8-20(15-22(17)27)29-25(34)30-21-9-10-23(28-16-21)31-11-2-12-32(14-13-31)24(33)18-4-6-19(26)7-5-18/h3-10,15-16H,2,11-14H2,1H3,(H2,29,30,34). The van der Waals surface area contributed by atoms with Gasteiger partial charge in [-0.3, -0.25) is 4.79 Å². The van der Waals surface area contributed by atoms with Gasteiger partial charge in [0.25, 0.3) is 5.91 Å². The van der Waals surface area contributed by atoms with Crippen LogP contribution < -0.4 is 15.5 Å². The van der Waals surface area contributed by atoms with Crippen LogP contribution in [0.15, 0.2) is 60.8 Å². The Morgan fingerprint density at radius 2 is 1.68 bits per heavy atom. The number of benzene rings is 2. The fourth-order valence-electron chi connectivity index (χ4n) is 3.74. The molecule has 1 aliphatic rings. The van der Waals surface area contributed by atoms with Crippen molar-refractivity contribution in [3.8, 4) is 0 Å². The number of anilines is 3. The molecule has 0 radical (unpaired) electrons. The third-order valence-electron chi connectivity index (χ3n) is 5.63. The number of carbonyl (C=O) groups excluding carboxylic acids is 2. The van der Waals surface area contributed by atoms with Crippen LogP contribution in [0.25, 0.3) is 0 Å². The van der Waals surface area contributed by atoms with E-state index in [9.17, 15) is 14.0 Å². The van der Waals surface area contributed by atoms with Crippen molar-refractivity contribution in [2.24, 2.45) is 0 Å². The monoisotopic (exact) mass is 481 g/mol. The van der Waals surface area contributed by atoms with Crippen LogP contribution >= 0.6 is 11.6 Å². The predicted molar refractivity (Wildman–Crippen MR) is 132 cm³/mol. The van der Waals surface area contributed by atoms with Gasteiger partial charge in [0.05, 0.1) is 11.9 Å². The highest BCUT2D eigenvalue weighted by Crippen LogP contribution is 2.19. The molecule has 2 aromatic carbocycles. The van der Waals surface area contributed by atoms with Crippen LogP contribution in [-0.2, 0) is 0 Å². The summed E-state index contributed by atoms with van der Waals surface area (Å²) in [6.07, 6.45) is 2.39. The number of hydrogen-bond donors (Lipinski definition) is 2. The SMILES string of the molecule is Cc1ccc(NC(=O)Nc2ccc(N3CCCN(C(=O)c4ccc(Cl)cc4)CC3)nc2)cc1F. The van der Waals surface area contributed by atoms with Crippen molar-refractivity contribution in [2.75, 3.05) is 41.7 Å². The highest BCUT2D eigenvalue weighted by Gasteiger charge is 2.21. The molecule has 0 saturated carbocycles. The number of carbonyl (C=O) groups is 2. The van der Waals surface area contributed by atoms with E-state index in [0.29, 0.717) is 47.2 Å². The van der Waals surface area contributed by atoms with Gasteiger partial charge < -0.3 is 20.4 Å². The van der Waals surface area contributed by atoms with Crippen LogP contribution in [0.4, 0.5) is 26.4 Å². The van der Waals surface area contributed by atoms with Gasteiger partial charge in [-0.2, -0.15) is 0 Å². The molecule has 7 nitrogen and oxygen atoms in total. The molecule has 1 aliphatic heterocycles. The Morgan fingerprint density at radius 1 is 0.941 bits per heavy atom. The van der Waals surface area contributed by atoms with E-state index in [0.717, 1.165) is 18.8 Å². The predicted octanol–water partition coefficient (Wildman–Crippen LogP) is 5.18. The van der Waals surface area contributed by atoms with Gasteiger partial charge in [-0.1, -0.05) is 17.7 Å². The number of amides is 3. The maximum absolute atomic E-state index is 13.7. The van der Waals surface area contributed by atoms with E-state index in [-0.39, 0.29) is 11.7 Å². The third-order valence-corrected chi connectivity index (χ3v) is 5.89. The lowest BCUT2D eigenvalue weighted by molar-refractivity contribution is 0.0767. The van der Waals surface area contributed by atoms with Gasteiger partial charge in [0.1, 0.15) is 11.6 Å². The Balaban J connectivity index is 1.32. The summed E-state index contributed by atoms with van der Waals surface area (Å²) in [4.78, 5) is 33.5. The zero-order chi connectivity index (χ0) is 24.1. The highest BCUT2D eigenvalue weighted by atomic mass is 35.5. The highest BCUT2D eigenvalue weighted by molar-refractivity contribution is 6.30. The van der Waals surface area contributed by atoms with E-state index >= 15 is 0 Å². The summed E-state index contributed by atoms with van der Waals surface area (Å²) in [6, 6.07) is 14.6. The fraction of sp³-hybridized carbons (Fsp3) is 0.240. The molecule has 1 fully saturated rings. The van der Waals surface area contributed by atoms with E-state index in [1.54, 1.807) is 55.6 Å². The van der Waals surface area contributed by atoms with Crippen molar-refractivity contribution in [1.82, 2.24) is 9.88 Å². The van der Waals surface area contributed by atoms with Crippen molar-refractivity contribution in [1.29, 1.82) is 0 Å². The largest absolute Gasteiger partial charge is 0.355 e. The molecule has 1 saturated heterocycles. The minimum atomic E-state index is -0.482. The van der Waals surface area contributed by atoms with E-state index in [1.165, 1.54) is 6.07 Å². The summed E-state index contributed by atoms with van der Waals surface area (Å²) in [5.41, 5.74) is 2.02. The topological polar surface area (TPSA) is 77.6 Å². The minimum absolute atomic E-state index is 0.00880. The molecule has 34 heavy (non-hydrogen) atoms. The smallest absolute Gasteiger partial charge is 0.323 e. The first-order valence-corrected chi connectivity index (χ1v) is 11.4. The lowest BCUT2D eigenvalue weighted by atomic mass is 10.2. The Bertz CT molecular complexity index is 1170. The average molecular weight is 482 g/mol. The zero-order valence-corrected chi connectivity index (χ0v) is 19.5. The van der Waals surface area contributed by atoms with Gasteiger partial charge in [0.2, 0.25) is 0 Å². The van der Waals surface area contributed by atoms with Gasteiger partial charge in [0.15, 0.2) is 0 Å². The maximum Gasteiger partial charge on any atom is 0.323 e. The molecule has 2 heterocycles. The Hall–Kier alpha value is -3.65. The van der Waals surface area contributed by atoms with Crippen LogP contribution in [0, 0.1) is 12.7 Å². The first-order valence-electron chi connectivity index (χ1n) is 11.0. The average Bonchev–Trinajstić information content (AvgIpc) is 3.08. The maximum atomic E-state index is 13.7. The van der Waals surface area contributed by atoms with E-state index in [4.69, 9.17) is 11.6 Å². The molecule has 0 aliphatic carbocycles. The van der Waals surface area contributed by atoms with Gasteiger partial charge >= 0.3 is 6.03 Å². The van der Waals surface area contributed by atoms with Gasteiger partial charge in [-0.15, -0.1) is 0 Å². The van der Waals surface area contributed by atoms with Crippen molar-refractivity contribution in [2.45, 2.75) is 13.3 Å². The molecule has 1 aromatic heterocycles. The number of halogens is 2. The van der Waals surface area contributed by atoms with E-state index in [1.807, 2.05) is 11.0 Å². The summed E-state index contributed by atoms with van der Waals surface area (Å²) < 4.78 is 13.7. The van der Waals surface area contributed by atoms with Crippen LogP contribution in [0.2, 0.25) is 5.02 Å². The lowest BCUT2D eigenvalue weighted by Gasteiger charge is -2.23. The van der Waals surface area contributed by atoms with Crippen LogP contribution in [-0.4, -0.2) is 48.0 Å². The first-order chi connectivity index (χ1) is 16.4. The second-order valence-corrected chi connectivity index (χ2v) is 8.52. The first kappa shape index (κ1) is 23.5. The fourth-order valence-corrected chi connectivity index (χ4v) is 3.86. The van der Waals surface area contributed by atoms with Crippen LogP contribution in [0.1, 0.15) is 22.3 Å². The summed E-state index contributed by atoms with van der Waals surface area (Å²) in [5.74, 6) is 0.382. The molecule has 3 amide bonds. The summed E-state index contributed by atoms with van der Waals surface area (Å²) >= 11 is 5.92. The number of pyridine rings is 1. The molecule has 3 aromatic rings. The summed E-state index contributed by atoms with van der Waals surface area (Å²) in [6.45, 7) is 4.32. The molecule has 176 valence electrons. The molecule has 9 heteroatoms. The van der Waals surface area contributed by atoms with Crippen molar-refractivity contribution < 1.29 is 14.0 Å². The summed E-state index contributed by atoms with van der Waals surface area (Å²) in [7, 11) is 0. The Labute approximate surface area is 202 Å². The second-order valence-electron chi connectivity index (χ2n) is 8.09. The summed E-state index contributed by atoms with van der Waals surface area (Å²) in [5, 5.41) is 5.90. The third kappa shape index (κ3) is 5.82. The molecule has 0 spiro atoms. The molecule has 0 bridgehead atoms. The van der Waals surface area contributed by atoms with Gasteiger partial charge in [0, 0.05) is 42.5 Å². The number of hydrogen-bond acceptors (Lipinski definition) is 4. The number of urea groups is 1. The zero-order valence-electron chi connectivity index (χ0n) is 18.7. The molecule has 2 N–H and O–H groups in total. The minimum Gasteiger partial charge on any atom is -0.355 e. The normalized spacial score (nSPS) is 13.9. The molecule has 0 unspecified atom stereocenters.